The summed E-state index contributed by atoms with van der Waals surface area (Å²) in [5.41, 5.74) is -0.630. The summed E-state index contributed by atoms with van der Waals surface area (Å²) in [6, 6.07) is 10.3. The molecule has 3 aromatic rings. The second-order valence-electron chi connectivity index (χ2n) is 5.12. The number of hydrogen-bond donors (Lipinski definition) is 0. The second kappa shape index (κ2) is 6.08. The molecule has 1 heterocycles. The first-order chi connectivity index (χ1) is 11.6. The van der Waals surface area contributed by atoms with Crippen LogP contribution in [0.4, 0.5) is 8.78 Å². The van der Waals surface area contributed by atoms with Crippen LogP contribution in [0.15, 0.2) is 64.5 Å². The van der Waals surface area contributed by atoms with Gasteiger partial charge < -0.3 is 0 Å². The van der Waals surface area contributed by atoms with Crippen LogP contribution in [0.5, 0.6) is 0 Å². The van der Waals surface area contributed by atoms with E-state index < -0.39 is 36.0 Å². The van der Waals surface area contributed by atoms with Gasteiger partial charge >= 0.3 is 0 Å². The molecule has 0 aliphatic carbocycles. The van der Waals surface area contributed by atoms with Gasteiger partial charge in [0, 0.05) is 27.8 Å². The molecule has 0 aliphatic heterocycles. The smallest absolute Gasteiger partial charge is 0.240 e. The van der Waals surface area contributed by atoms with Crippen molar-refractivity contribution in [3.63, 3.8) is 0 Å². The van der Waals surface area contributed by atoms with Crippen LogP contribution in [0.1, 0.15) is 12.0 Å². The Hall–Kier alpha value is -1.97. The molecule has 5 nitrogen and oxygen atoms in total. The minimum atomic E-state index is -4.28. The SMILES string of the molecule is O=S(=O)(Cl)c1cn(S(=O)(=O)c2ccccc2)c2cc(C(F)F)ccc12. The Morgan fingerprint density at radius 2 is 1.60 bits per heavy atom. The van der Waals surface area contributed by atoms with E-state index in [0.717, 1.165) is 24.4 Å². The fraction of sp³-hybridized carbons (Fsp3) is 0.0667. The van der Waals surface area contributed by atoms with Crippen molar-refractivity contribution >= 4 is 40.7 Å². The van der Waals surface area contributed by atoms with Gasteiger partial charge in [-0.3, -0.25) is 0 Å². The number of nitrogens with zero attached hydrogens (tertiary/aromatic N) is 1. The zero-order valence-electron chi connectivity index (χ0n) is 12.3. The van der Waals surface area contributed by atoms with E-state index >= 15 is 0 Å². The largest absolute Gasteiger partial charge is 0.268 e. The molecule has 0 atom stereocenters. The first kappa shape index (κ1) is 17.8. The lowest BCUT2D eigenvalue weighted by Gasteiger charge is -2.08. The molecule has 0 saturated heterocycles. The lowest BCUT2D eigenvalue weighted by molar-refractivity contribution is 0.151. The third-order valence-corrected chi connectivity index (χ3v) is 6.61. The molecular weight excluding hydrogens is 396 g/mol. The van der Waals surface area contributed by atoms with Crippen LogP contribution in [0.25, 0.3) is 10.9 Å². The number of aromatic nitrogens is 1. The van der Waals surface area contributed by atoms with Gasteiger partial charge in [0.05, 0.1) is 10.4 Å². The summed E-state index contributed by atoms with van der Waals surface area (Å²) in [6.07, 6.45) is -2.02. The Morgan fingerprint density at radius 3 is 2.16 bits per heavy atom. The maximum absolute atomic E-state index is 13.0. The highest BCUT2D eigenvalue weighted by Crippen LogP contribution is 2.33. The zero-order chi connectivity index (χ0) is 18.4. The molecule has 0 radical (unpaired) electrons. The first-order valence-electron chi connectivity index (χ1n) is 6.81. The van der Waals surface area contributed by atoms with E-state index in [4.69, 9.17) is 10.7 Å². The average Bonchev–Trinajstić information content (AvgIpc) is 2.95. The van der Waals surface area contributed by atoms with Crippen LogP contribution in [-0.4, -0.2) is 20.8 Å². The van der Waals surface area contributed by atoms with Gasteiger partial charge in [0.2, 0.25) is 0 Å². The van der Waals surface area contributed by atoms with Crippen molar-refractivity contribution in [2.24, 2.45) is 0 Å². The zero-order valence-corrected chi connectivity index (χ0v) is 14.7. The number of rotatable bonds is 4. The van der Waals surface area contributed by atoms with E-state index in [-0.39, 0.29) is 15.8 Å². The minimum Gasteiger partial charge on any atom is -0.240 e. The molecule has 0 spiro atoms. The number of alkyl halides is 2. The second-order valence-corrected chi connectivity index (χ2v) is 9.47. The molecule has 1 aromatic heterocycles. The number of hydrogen-bond acceptors (Lipinski definition) is 4. The van der Waals surface area contributed by atoms with Crippen LogP contribution in [0.2, 0.25) is 0 Å². The summed E-state index contributed by atoms with van der Waals surface area (Å²) < 4.78 is 75.7. The summed E-state index contributed by atoms with van der Waals surface area (Å²) in [4.78, 5) is -0.586. The van der Waals surface area contributed by atoms with E-state index in [9.17, 15) is 25.6 Å². The summed E-state index contributed by atoms with van der Waals surface area (Å²) in [7, 11) is -3.12. The highest BCUT2D eigenvalue weighted by atomic mass is 35.7. The van der Waals surface area contributed by atoms with Gasteiger partial charge in [-0.25, -0.2) is 29.6 Å². The van der Waals surface area contributed by atoms with E-state index in [1.807, 2.05) is 0 Å². The van der Waals surface area contributed by atoms with Crippen LogP contribution >= 0.6 is 10.7 Å². The van der Waals surface area contributed by atoms with Crippen molar-refractivity contribution in [3.8, 4) is 0 Å². The molecule has 25 heavy (non-hydrogen) atoms. The summed E-state index contributed by atoms with van der Waals surface area (Å²) in [5.74, 6) is 0. The van der Waals surface area contributed by atoms with Crippen molar-refractivity contribution in [1.29, 1.82) is 0 Å². The fourth-order valence-electron chi connectivity index (χ4n) is 2.42. The summed E-state index contributed by atoms with van der Waals surface area (Å²) in [5, 5.41) is -0.0566. The van der Waals surface area contributed by atoms with Gasteiger partial charge in [-0.05, 0) is 18.2 Å². The van der Waals surface area contributed by atoms with Crippen molar-refractivity contribution in [3.05, 3.63) is 60.3 Å². The Labute approximate surface area is 146 Å². The number of halogens is 3. The first-order valence-corrected chi connectivity index (χ1v) is 10.6. The Bertz CT molecular complexity index is 1160. The molecule has 0 saturated carbocycles. The standard InChI is InChI=1S/C15H10ClF2NO4S2/c16-24(20,21)14-9-19(25(22,23)11-4-2-1-3-5-11)13-8-10(15(17)18)6-7-12(13)14/h1-9,15H. The number of fused-ring (bicyclic) bond motifs is 1. The van der Waals surface area contributed by atoms with Gasteiger partial charge in [0.25, 0.3) is 25.5 Å². The van der Waals surface area contributed by atoms with Gasteiger partial charge in [-0.1, -0.05) is 30.3 Å². The highest BCUT2D eigenvalue weighted by Gasteiger charge is 2.26. The molecular formula is C15H10ClF2NO4S2. The predicted molar refractivity (Wildman–Crippen MR) is 89.0 cm³/mol. The van der Waals surface area contributed by atoms with Crippen molar-refractivity contribution in [2.45, 2.75) is 16.2 Å². The minimum absolute atomic E-state index is 0.0566. The monoisotopic (exact) mass is 405 g/mol. The molecule has 0 bridgehead atoms. The molecule has 3 rings (SSSR count). The quantitative estimate of drug-likeness (QED) is 0.620. The van der Waals surface area contributed by atoms with Crippen molar-refractivity contribution in [2.75, 3.05) is 0 Å². The van der Waals surface area contributed by atoms with Crippen molar-refractivity contribution in [1.82, 2.24) is 3.97 Å². The molecule has 0 N–H and O–H groups in total. The topological polar surface area (TPSA) is 73.2 Å². The third kappa shape index (κ3) is 3.14. The summed E-state index contributed by atoms with van der Waals surface area (Å²) in [6.45, 7) is 0. The summed E-state index contributed by atoms with van der Waals surface area (Å²) >= 11 is 0. The third-order valence-electron chi connectivity index (χ3n) is 3.57. The normalized spacial score (nSPS) is 12.8. The average molecular weight is 406 g/mol. The van der Waals surface area contributed by atoms with Gasteiger partial charge in [-0.2, -0.15) is 0 Å². The maximum Gasteiger partial charge on any atom is 0.268 e. The lowest BCUT2D eigenvalue weighted by atomic mass is 10.2. The number of benzene rings is 2. The Balaban J connectivity index is 2.40. The molecule has 0 aliphatic rings. The molecule has 132 valence electrons. The van der Waals surface area contributed by atoms with Crippen molar-refractivity contribution < 1.29 is 25.6 Å². The van der Waals surface area contributed by atoms with Crippen LogP contribution < -0.4 is 0 Å². The fourth-order valence-corrected chi connectivity index (χ4v) is 4.90. The van der Waals surface area contributed by atoms with E-state index in [2.05, 4.69) is 0 Å². The van der Waals surface area contributed by atoms with Gasteiger partial charge in [0.1, 0.15) is 4.90 Å². The lowest BCUT2D eigenvalue weighted by Crippen LogP contribution is -2.11. The van der Waals surface area contributed by atoms with Gasteiger partial charge in [-0.15, -0.1) is 0 Å². The Morgan fingerprint density at radius 1 is 0.960 bits per heavy atom. The maximum atomic E-state index is 13.0. The van der Waals surface area contributed by atoms with Crippen LogP contribution in [0.3, 0.4) is 0 Å². The highest BCUT2D eigenvalue weighted by molar-refractivity contribution is 8.14. The predicted octanol–water partition coefficient (Wildman–Crippen LogP) is 3.74. The molecule has 0 unspecified atom stereocenters. The molecule has 0 amide bonds. The Kier molecular flexibility index (Phi) is 4.34. The molecule has 2 aromatic carbocycles. The van der Waals surface area contributed by atoms with E-state index in [0.29, 0.717) is 3.97 Å². The van der Waals surface area contributed by atoms with Crippen LogP contribution in [0, 0.1) is 0 Å². The molecule has 0 fully saturated rings. The van der Waals surface area contributed by atoms with Gasteiger partial charge in [0.15, 0.2) is 0 Å². The van der Waals surface area contributed by atoms with Crippen LogP contribution in [-0.2, 0) is 19.1 Å². The van der Waals surface area contributed by atoms with E-state index in [1.54, 1.807) is 6.07 Å². The molecule has 10 heteroatoms. The van der Waals surface area contributed by atoms with E-state index in [1.165, 1.54) is 24.3 Å².